The number of nitrogens with zero attached hydrogens (tertiary/aromatic N) is 2. The maximum atomic E-state index is 10.4. The number of hydrogen-bond acceptors (Lipinski definition) is 4. The highest BCUT2D eigenvalue weighted by molar-refractivity contribution is 7.97. The second-order valence-electron chi connectivity index (χ2n) is 4.05. The lowest BCUT2D eigenvalue weighted by Gasteiger charge is -2.13. The smallest absolute Gasteiger partial charge is 0.281 e. The Labute approximate surface area is 143 Å². The van der Waals surface area contributed by atoms with Gasteiger partial charge < -0.3 is 16.0 Å². The molecule has 0 spiro atoms. The average molecular weight is 347 g/mol. The van der Waals surface area contributed by atoms with E-state index >= 15 is 0 Å². The number of pyridine rings is 1. The standard InChI is InChI=1S/C7H8N2OS.C6H15N.CH3NOS/c1-5-3-2-4-6(8-5)9-7(10)11;1-4-7(5-2)6-3;2-1(3)4/h2-4H,1H3,(H2,8,9,10,11);4-6H2,1-3H3;(H3,2,3,4). The number of primary amides is 1. The van der Waals surface area contributed by atoms with Crippen LogP contribution in [0.25, 0.3) is 0 Å². The van der Waals surface area contributed by atoms with Gasteiger partial charge in [0, 0.05) is 5.69 Å². The predicted octanol–water partition coefficient (Wildman–Crippen LogP) is 3.19. The topological polar surface area (TPSA) is 88.3 Å². The zero-order valence-electron chi connectivity index (χ0n) is 13.5. The van der Waals surface area contributed by atoms with Crippen molar-refractivity contribution in [2.24, 2.45) is 5.73 Å². The number of carbonyl (C=O) groups excluding carboxylic acids is 2. The summed E-state index contributed by atoms with van der Waals surface area (Å²) in [5.41, 5.74) is 5.20. The molecule has 22 heavy (non-hydrogen) atoms. The van der Waals surface area contributed by atoms with Gasteiger partial charge in [0.25, 0.3) is 10.5 Å². The highest BCUT2D eigenvalue weighted by atomic mass is 32.1. The number of thiol groups is 2. The summed E-state index contributed by atoms with van der Waals surface area (Å²) in [7, 11) is 0. The van der Waals surface area contributed by atoms with E-state index in [1.54, 1.807) is 6.07 Å². The molecule has 6 nitrogen and oxygen atoms in total. The first kappa shape index (κ1) is 23.0. The molecule has 0 saturated carbocycles. The van der Waals surface area contributed by atoms with E-state index in [4.69, 9.17) is 4.79 Å². The number of aromatic nitrogens is 1. The molecule has 0 bridgehead atoms. The molecule has 0 aromatic carbocycles. The molecule has 0 aliphatic carbocycles. The van der Waals surface area contributed by atoms with Crippen LogP contribution in [0.1, 0.15) is 26.5 Å². The van der Waals surface area contributed by atoms with Gasteiger partial charge in [-0.3, -0.25) is 9.59 Å². The van der Waals surface area contributed by atoms with Gasteiger partial charge >= 0.3 is 0 Å². The van der Waals surface area contributed by atoms with Gasteiger partial charge in [-0.25, -0.2) is 4.98 Å². The van der Waals surface area contributed by atoms with Crippen molar-refractivity contribution in [1.29, 1.82) is 0 Å². The fraction of sp³-hybridized carbons (Fsp3) is 0.500. The van der Waals surface area contributed by atoms with E-state index in [2.05, 4.69) is 67.0 Å². The summed E-state index contributed by atoms with van der Waals surface area (Å²) < 4.78 is 0. The van der Waals surface area contributed by atoms with E-state index in [1.807, 2.05) is 19.1 Å². The average Bonchev–Trinajstić information content (AvgIpc) is 2.40. The maximum absolute atomic E-state index is 10.4. The van der Waals surface area contributed by atoms with Gasteiger partial charge in [0.05, 0.1) is 0 Å². The summed E-state index contributed by atoms with van der Waals surface area (Å²) in [6, 6.07) is 5.39. The minimum absolute atomic E-state index is 0.400. The summed E-state index contributed by atoms with van der Waals surface area (Å²) in [5, 5.41) is 1.42. The summed E-state index contributed by atoms with van der Waals surface area (Å²) in [4.78, 5) is 25.9. The lowest BCUT2D eigenvalue weighted by atomic mass is 10.4. The quantitative estimate of drug-likeness (QED) is 0.631. The molecule has 0 atom stereocenters. The van der Waals surface area contributed by atoms with Crippen LogP contribution in [0.2, 0.25) is 0 Å². The monoisotopic (exact) mass is 346 g/mol. The van der Waals surface area contributed by atoms with Crippen molar-refractivity contribution in [3.05, 3.63) is 23.9 Å². The molecule has 1 aromatic heterocycles. The number of rotatable bonds is 4. The number of carbonyl (C=O) groups is 2. The van der Waals surface area contributed by atoms with Crippen molar-refractivity contribution in [3.63, 3.8) is 0 Å². The van der Waals surface area contributed by atoms with Crippen molar-refractivity contribution in [1.82, 2.24) is 9.88 Å². The molecule has 0 saturated heterocycles. The summed E-state index contributed by atoms with van der Waals surface area (Å²) in [5.74, 6) is 0.532. The normalized spacial score (nSPS) is 9.05. The SMILES string of the molecule is CCN(CC)CC.Cc1cccc(NC(=O)S)n1.NC(=O)S. The Hall–Kier alpha value is -1.25. The molecule has 0 aliphatic heterocycles. The van der Waals surface area contributed by atoms with Crippen LogP contribution < -0.4 is 11.1 Å². The molecule has 0 radical (unpaired) electrons. The van der Waals surface area contributed by atoms with Crippen LogP contribution in [0.5, 0.6) is 0 Å². The van der Waals surface area contributed by atoms with Crippen molar-refractivity contribution in [3.8, 4) is 0 Å². The van der Waals surface area contributed by atoms with Gasteiger partial charge in [0.1, 0.15) is 5.82 Å². The first-order valence-corrected chi connectivity index (χ1v) is 7.80. The summed E-state index contributed by atoms with van der Waals surface area (Å²) >= 11 is 6.66. The number of amides is 2. The van der Waals surface area contributed by atoms with Gasteiger partial charge in [-0.1, -0.05) is 52.1 Å². The molecule has 1 rings (SSSR count). The molecule has 8 heteroatoms. The zero-order chi connectivity index (χ0) is 17.5. The second kappa shape index (κ2) is 14.7. The van der Waals surface area contributed by atoms with Gasteiger partial charge in [0.15, 0.2) is 0 Å². The third-order valence-electron chi connectivity index (χ3n) is 2.46. The highest BCUT2D eigenvalue weighted by Crippen LogP contribution is 2.04. The Balaban J connectivity index is 0. The second-order valence-corrected chi connectivity index (χ2v) is 4.90. The van der Waals surface area contributed by atoms with Crippen molar-refractivity contribution in [2.45, 2.75) is 27.7 Å². The Bertz CT molecular complexity index is 431. The first-order chi connectivity index (χ1) is 10.3. The molecule has 0 unspecified atom stereocenters. The van der Waals surface area contributed by atoms with Gasteiger partial charge in [-0.2, -0.15) is 0 Å². The molecule has 0 aliphatic rings. The van der Waals surface area contributed by atoms with E-state index in [0.717, 1.165) is 5.69 Å². The van der Waals surface area contributed by atoms with Crippen LogP contribution in [0.15, 0.2) is 18.2 Å². The third kappa shape index (κ3) is 16.8. The molecular weight excluding hydrogens is 320 g/mol. The van der Waals surface area contributed by atoms with Gasteiger partial charge in [0.2, 0.25) is 0 Å². The predicted molar refractivity (Wildman–Crippen MR) is 99.0 cm³/mol. The van der Waals surface area contributed by atoms with E-state index in [1.165, 1.54) is 19.6 Å². The van der Waals surface area contributed by atoms with Gasteiger partial charge in [-0.05, 0) is 38.7 Å². The Kier molecular flexibility index (Phi) is 15.4. The fourth-order valence-electron chi connectivity index (χ4n) is 1.39. The van der Waals surface area contributed by atoms with Crippen LogP contribution in [0.4, 0.5) is 15.4 Å². The number of hydrogen-bond donors (Lipinski definition) is 4. The van der Waals surface area contributed by atoms with Crippen LogP contribution in [0.3, 0.4) is 0 Å². The highest BCUT2D eigenvalue weighted by Gasteiger charge is 1.95. The Morgan fingerprint density at radius 1 is 1.18 bits per heavy atom. The maximum Gasteiger partial charge on any atom is 0.281 e. The number of nitrogens with two attached hydrogens (primary N) is 1. The number of aryl methyl sites for hydroxylation is 1. The number of nitrogens with one attached hydrogen (secondary N) is 1. The van der Waals surface area contributed by atoms with Crippen molar-refractivity contribution < 1.29 is 9.59 Å². The van der Waals surface area contributed by atoms with E-state index in [0.29, 0.717) is 5.82 Å². The fourth-order valence-corrected chi connectivity index (χ4v) is 1.51. The van der Waals surface area contributed by atoms with Crippen LogP contribution >= 0.6 is 25.3 Å². The molecular formula is C14H26N4O2S2. The molecule has 1 heterocycles. The van der Waals surface area contributed by atoms with Crippen LogP contribution in [-0.2, 0) is 0 Å². The van der Waals surface area contributed by atoms with Gasteiger partial charge in [-0.15, -0.1) is 0 Å². The molecule has 1 aromatic rings. The lowest BCUT2D eigenvalue weighted by molar-refractivity contribution is 0.267. The lowest BCUT2D eigenvalue weighted by Crippen LogP contribution is -2.21. The largest absolute Gasteiger partial charge is 0.361 e. The molecule has 126 valence electrons. The Morgan fingerprint density at radius 3 is 1.91 bits per heavy atom. The summed E-state index contributed by atoms with van der Waals surface area (Å²) in [6.45, 7) is 12.0. The van der Waals surface area contributed by atoms with E-state index in [9.17, 15) is 4.79 Å². The first-order valence-electron chi connectivity index (χ1n) is 6.91. The third-order valence-corrected chi connectivity index (χ3v) is 2.58. The van der Waals surface area contributed by atoms with Crippen LogP contribution in [-0.4, -0.2) is 40.0 Å². The minimum Gasteiger partial charge on any atom is -0.361 e. The zero-order valence-corrected chi connectivity index (χ0v) is 15.3. The minimum atomic E-state index is -0.639. The van der Waals surface area contributed by atoms with Crippen molar-refractivity contribution >= 4 is 41.6 Å². The van der Waals surface area contributed by atoms with E-state index < -0.39 is 10.5 Å². The Morgan fingerprint density at radius 2 is 1.64 bits per heavy atom. The molecule has 2 amide bonds. The van der Waals surface area contributed by atoms with E-state index in [-0.39, 0.29) is 0 Å². The molecule has 3 N–H and O–H groups in total. The van der Waals surface area contributed by atoms with Crippen LogP contribution in [0, 0.1) is 6.92 Å². The summed E-state index contributed by atoms with van der Waals surface area (Å²) in [6.07, 6.45) is 0. The number of anilines is 1. The van der Waals surface area contributed by atoms with Crippen molar-refractivity contribution in [2.75, 3.05) is 25.0 Å². The molecule has 0 fully saturated rings.